The molecule has 0 saturated carbocycles. The average Bonchev–Trinajstić information content (AvgIpc) is 2.35. The lowest BCUT2D eigenvalue weighted by atomic mass is 10.3. The number of hydrogen-bond acceptors (Lipinski definition) is 4. The van der Waals surface area contributed by atoms with Crippen LogP contribution in [0.15, 0.2) is 24.3 Å². The molecule has 0 heterocycles. The van der Waals surface area contributed by atoms with Gasteiger partial charge in [0, 0.05) is 0 Å². The van der Waals surface area contributed by atoms with Crippen LogP contribution in [0.3, 0.4) is 0 Å². The van der Waals surface area contributed by atoms with Crippen molar-refractivity contribution in [3.63, 3.8) is 0 Å². The fourth-order valence-corrected chi connectivity index (χ4v) is 1.34. The van der Waals surface area contributed by atoms with Gasteiger partial charge in [0.2, 0.25) is 0 Å². The quantitative estimate of drug-likeness (QED) is 0.385. The van der Waals surface area contributed by atoms with Crippen molar-refractivity contribution in [1.82, 2.24) is 0 Å². The van der Waals surface area contributed by atoms with Crippen molar-refractivity contribution in [2.24, 2.45) is 0 Å². The van der Waals surface area contributed by atoms with Crippen molar-refractivity contribution in [3.8, 4) is 0 Å². The summed E-state index contributed by atoms with van der Waals surface area (Å²) in [6.07, 6.45) is 0.120. The summed E-state index contributed by atoms with van der Waals surface area (Å²) in [7, 11) is 0. The van der Waals surface area contributed by atoms with Crippen LogP contribution in [0.1, 0.15) is 27.7 Å². The summed E-state index contributed by atoms with van der Waals surface area (Å²) in [6, 6.07) is 0. The van der Waals surface area contributed by atoms with Gasteiger partial charge < -0.3 is 18.9 Å². The molecule has 0 aromatic carbocycles. The zero-order valence-corrected chi connectivity index (χ0v) is 13.4. The van der Waals surface area contributed by atoms with Gasteiger partial charge in [0.25, 0.3) is 0 Å². The van der Waals surface area contributed by atoms with E-state index in [1.165, 1.54) is 0 Å². The van der Waals surface area contributed by atoms with Gasteiger partial charge in [-0.25, -0.2) is 0 Å². The Morgan fingerprint density at radius 1 is 0.800 bits per heavy atom. The molecule has 2 atom stereocenters. The Labute approximate surface area is 123 Å². The molecule has 2 unspecified atom stereocenters. The van der Waals surface area contributed by atoms with Crippen LogP contribution in [0, 0.1) is 0 Å². The van der Waals surface area contributed by atoms with Crippen molar-refractivity contribution in [2.45, 2.75) is 39.9 Å². The van der Waals surface area contributed by atoms with E-state index in [9.17, 15) is 0 Å². The van der Waals surface area contributed by atoms with Crippen molar-refractivity contribution >= 4 is 0 Å². The molecule has 4 nitrogen and oxygen atoms in total. The number of ether oxygens (including phenoxy) is 4. The molecule has 0 aliphatic heterocycles. The van der Waals surface area contributed by atoms with Gasteiger partial charge >= 0.3 is 0 Å². The highest BCUT2D eigenvalue weighted by Crippen LogP contribution is 1.99. The number of rotatable bonds is 13. The van der Waals surface area contributed by atoms with E-state index in [-0.39, 0.29) is 12.2 Å². The van der Waals surface area contributed by atoms with Gasteiger partial charge in [-0.1, -0.05) is 24.3 Å². The molecule has 0 rings (SSSR count). The van der Waals surface area contributed by atoms with E-state index in [4.69, 9.17) is 18.9 Å². The van der Waals surface area contributed by atoms with E-state index in [2.05, 4.69) is 13.2 Å². The summed E-state index contributed by atoms with van der Waals surface area (Å²) in [5.74, 6) is 0. The Balaban J connectivity index is 3.41. The van der Waals surface area contributed by atoms with E-state index in [0.717, 1.165) is 11.1 Å². The van der Waals surface area contributed by atoms with Crippen LogP contribution in [-0.4, -0.2) is 51.8 Å². The van der Waals surface area contributed by atoms with Gasteiger partial charge in [0.15, 0.2) is 0 Å². The first-order valence-corrected chi connectivity index (χ1v) is 7.09. The number of hydrogen-bond donors (Lipinski definition) is 0. The van der Waals surface area contributed by atoms with Gasteiger partial charge in [0.1, 0.15) is 0 Å². The normalized spacial score (nSPS) is 14.0. The minimum atomic E-state index is 0.0526. The largest absolute Gasteiger partial charge is 0.376 e. The van der Waals surface area contributed by atoms with E-state index in [1.54, 1.807) is 0 Å². The lowest BCUT2D eigenvalue weighted by molar-refractivity contribution is -0.0525. The van der Waals surface area contributed by atoms with Gasteiger partial charge in [-0.3, -0.25) is 0 Å². The van der Waals surface area contributed by atoms with E-state index >= 15 is 0 Å². The van der Waals surface area contributed by atoms with Crippen molar-refractivity contribution in [3.05, 3.63) is 24.3 Å². The second kappa shape index (κ2) is 12.1. The van der Waals surface area contributed by atoms with Crippen molar-refractivity contribution in [1.29, 1.82) is 0 Å². The SMILES string of the molecule is C=C(C)COCCOC(C)COCC(C)OCC(=C)C. The summed E-state index contributed by atoms with van der Waals surface area (Å²) in [4.78, 5) is 0. The fraction of sp³-hybridized carbons (Fsp3) is 0.750. The van der Waals surface area contributed by atoms with Crippen LogP contribution in [0.4, 0.5) is 0 Å². The molecule has 0 aliphatic rings. The molecule has 0 radical (unpaired) electrons. The van der Waals surface area contributed by atoms with Crippen LogP contribution >= 0.6 is 0 Å². The molecule has 0 spiro atoms. The third kappa shape index (κ3) is 13.7. The highest BCUT2D eigenvalue weighted by molar-refractivity contribution is 4.87. The lowest BCUT2D eigenvalue weighted by Gasteiger charge is -2.17. The maximum absolute atomic E-state index is 5.57. The van der Waals surface area contributed by atoms with Crippen LogP contribution in [-0.2, 0) is 18.9 Å². The molecule has 118 valence electrons. The molecule has 0 amide bonds. The summed E-state index contributed by atoms with van der Waals surface area (Å²) in [5.41, 5.74) is 2.04. The van der Waals surface area contributed by atoms with Gasteiger partial charge in [0.05, 0.1) is 51.8 Å². The summed E-state index contributed by atoms with van der Waals surface area (Å²) in [6.45, 7) is 18.8. The molecule has 4 heteroatoms. The highest BCUT2D eigenvalue weighted by atomic mass is 16.6. The van der Waals surface area contributed by atoms with Crippen LogP contribution < -0.4 is 0 Å². The summed E-state index contributed by atoms with van der Waals surface area (Å²) in [5, 5.41) is 0. The van der Waals surface area contributed by atoms with E-state index < -0.39 is 0 Å². The molecule has 0 saturated heterocycles. The highest BCUT2D eigenvalue weighted by Gasteiger charge is 2.06. The van der Waals surface area contributed by atoms with Gasteiger partial charge in [-0.15, -0.1) is 0 Å². The van der Waals surface area contributed by atoms with Crippen LogP contribution in [0.25, 0.3) is 0 Å². The minimum Gasteiger partial charge on any atom is -0.376 e. The first-order chi connectivity index (χ1) is 9.41. The molecular weight excluding hydrogens is 256 g/mol. The molecule has 0 aliphatic carbocycles. The first-order valence-electron chi connectivity index (χ1n) is 7.09. The first kappa shape index (κ1) is 19.3. The second-order valence-corrected chi connectivity index (χ2v) is 5.31. The second-order valence-electron chi connectivity index (χ2n) is 5.31. The van der Waals surface area contributed by atoms with Crippen LogP contribution in [0.5, 0.6) is 0 Å². The zero-order chi connectivity index (χ0) is 15.4. The Hall–Kier alpha value is -0.680. The molecule has 0 fully saturated rings. The Morgan fingerprint density at radius 3 is 1.90 bits per heavy atom. The lowest BCUT2D eigenvalue weighted by Crippen LogP contribution is -2.23. The predicted octanol–water partition coefficient (Wildman–Crippen LogP) is 2.98. The molecule has 20 heavy (non-hydrogen) atoms. The maximum Gasteiger partial charge on any atom is 0.0784 e. The molecule has 0 aromatic heterocycles. The third-order valence-corrected chi connectivity index (χ3v) is 2.30. The monoisotopic (exact) mass is 286 g/mol. The van der Waals surface area contributed by atoms with Gasteiger partial charge in [-0.05, 0) is 27.7 Å². The fourth-order valence-electron chi connectivity index (χ4n) is 1.34. The summed E-state index contributed by atoms with van der Waals surface area (Å²) < 4.78 is 22.0. The topological polar surface area (TPSA) is 36.9 Å². The van der Waals surface area contributed by atoms with Crippen molar-refractivity contribution in [2.75, 3.05) is 39.6 Å². The predicted molar refractivity (Wildman–Crippen MR) is 82.1 cm³/mol. The third-order valence-electron chi connectivity index (χ3n) is 2.30. The van der Waals surface area contributed by atoms with Crippen molar-refractivity contribution < 1.29 is 18.9 Å². The Morgan fingerprint density at radius 2 is 1.35 bits per heavy atom. The Bertz CT molecular complexity index is 276. The molecule has 0 aromatic rings. The molecule has 0 bridgehead atoms. The van der Waals surface area contributed by atoms with E-state index in [0.29, 0.717) is 39.6 Å². The zero-order valence-electron chi connectivity index (χ0n) is 13.4. The maximum atomic E-state index is 5.57. The Kier molecular flexibility index (Phi) is 11.7. The smallest absolute Gasteiger partial charge is 0.0784 e. The minimum absolute atomic E-state index is 0.0526. The summed E-state index contributed by atoms with van der Waals surface area (Å²) >= 11 is 0. The van der Waals surface area contributed by atoms with E-state index in [1.807, 2.05) is 27.7 Å². The van der Waals surface area contributed by atoms with Gasteiger partial charge in [-0.2, -0.15) is 0 Å². The van der Waals surface area contributed by atoms with Crippen LogP contribution in [0.2, 0.25) is 0 Å². The molecule has 0 N–H and O–H groups in total. The standard InChI is InChI=1S/C16H30O4/c1-13(2)9-17-7-8-19-15(5)11-18-12-16(6)20-10-14(3)4/h15-16H,1,3,7-12H2,2,4-6H3. The average molecular weight is 286 g/mol. The molecular formula is C16H30O4.